The predicted octanol–water partition coefficient (Wildman–Crippen LogP) is 2.60. The molecule has 17 heavy (non-hydrogen) atoms. The normalized spacial score (nSPS) is 42.9. The van der Waals surface area contributed by atoms with Gasteiger partial charge in [0.25, 0.3) is 0 Å². The highest BCUT2D eigenvalue weighted by Crippen LogP contribution is 2.59. The maximum atomic E-state index is 5.68. The molecule has 4 bridgehead atoms. The molecule has 4 aliphatic rings. The van der Waals surface area contributed by atoms with Crippen LogP contribution in [0.3, 0.4) is 0 Å². The van der Waals surface area contributed by atoms with Gasteiger partial charge in [0.05, 0.1) is 18.1 Å². The summed E-state index contributed by atoms with van der Waals surface area (Å²) in [5.41, 5.74) is 6.35. The van der Waals surface area contributed by atoms with Crippen LogP contribution in [0.15, 0.2) is 12.4 Å². The van der Waals surface area contributed by atoms with Crippen molar-refractivity contribution in [2.75, 3.05) is 5.73 Å². The molecule has 4 fully saturated rings. The number of rotatable bonds is 1. The van der Waals surface area contributed by atoms with Gasteiger partial charge in [-0.15, -0.1) is 0 Å². The first-order valence-corrected chi connectivity index (χ1v) is 6.87. The Morgan fingerprint density at radius 2 is 1.41 bits per heavy atom. The van der Waals surface area contributed by atoms with Gasteiger partial charge in [-0.25, -0.2) is 9.97 Å². The fourth-order valence-corrected chi connectivity index (χ4v) is 4.87. The Balaban J connectivity index is 1.68. The van der Waals surface area contributed by atoms with Gasteiger partial charge in [0.15, 0.2) is 0 Å². The predicted molar refractivity (Wildman–Crippen MR) is 66.2 cm³/mol. The quantitative estimate of drug-likeness (QED) is 0.805. The van der Waals surface area contributed by atoms with Gasteiger partial charge in [-0.1, -0.05) is 0 Å². The van der Waals surface area contributed by atoms with Crippen LogP contribution >= 0.6 is 0 Å². The molecule has 5 rings (SSSR count). The summed E-state index contributed by atoms with van der Waals surface area (Å²) in [6.07, 6.45) is 10.7. The molecule has 3 nitrogen and oxygen atoms in total. The maximum absolute atomic E-state index is 5.68. The minimum absolute atomic E-state index is 0.628. The molecule has 3 heteroatoms. The third-order valence-electron chi connectivity index (χ3n) is 5.22. The summed E-state index contributed by atoms with van der Waals surface area (Å²) in [4.78, 5) is 8.98. The van der Waals surface area contributed by atoms with E-state index in [1.807, 2.05) is 0 Å². The fraction of sp³-hybridized carbons (Fsp3) is 0.714. The van der Waals surface area contributed by atoms with Crippen molar-refractivity contribution in [3.05, 3.63) is 18.2 Å². The molecule has 4 aliphatic carbocycles. The third-order valence-corrected chi connectivity index (χ3v) is 5.22. The first-order chi connectivity index (χ1) is 8.29. The van der Waals surface area contributed by atoms with Crippen molar-refractivity contribution in [3.63, 3.8) is 0 Å². The van der Waals surface area contributed by atoms with Crippen LogP contribution in [0, 0.1) is 23.7 Å². The molecule has 0 saturated heterocycles. The Morgan fingerprint density at radius 1 is 0.882 bits per heavy atom. The van der Waals surface area contributed by atoms with Crippen molar-refractivity contribution >= 4 is 5.69 Å². The van der Waals surface area contributed by atoms with Crippen molar-refractivity contribution in [2.45, 2.75) is 38.0 Å². The Kier molecular flexibility index (Phi) is 1.99. The molecule has 0 unspecified atom stereocenters. The third kappa shape index (κ3) is 1.48. The minimum atomic E-state index is 0.628. The van der Waals surface area contributed by atoms with Crippen LogP contribution in [0.5, 0.6) is 0 Å². The monoisotopic (exact) mass is 229 g/mol. The second-order valence-corrected chi connectivity index (χ2v) is 6.33. The zero-order valence-corrected chi connectivity index (χ0v) is 10.0. The van der Waals surface area contributed by atoms with E-state index in [2.05, 4.69) is 9.97 Å². The van der Waals surface area contributed by atoms with Crippen LogP contribution in [0.4, 0.5) is 5.69 Å². The van der Waals surface area contributed by atoms with Gasteiger partial charge in [0.1, 0.15) is 5.82 Å². The van der Waals surface area contributed by atoms with Crippen molar-refractivity contribution in [1.29, 1.82) is 0 Å². The molecular formula is C14H19N3. The van der Waals surface area contributed by atoms with Crippen LogP contribution in [0.2, 0.25) is 0 Å². The number of nitrogen functional groups attached to an aromatic ring is 1. The van der Waals surface area contributed by atoms with Crippen LogP contribution < -0.4 is 5.73 Å². The highest BCUT2D eigenvalue weighted by molar-refractivity contribution is 5.31. The standard InChI is InChI=1S/C14H19N3/c15-12-6-16-14(17-7-12)13-10-2-8-1-9(4-10)5-11(13)3-8/h6-11,13H,1-5,15H2. The summed E-state index contributed by atoms with van der Waals surface area (Å²) < 4.78 is 0. The molecule has 0 spiro atoms. The zero-order valence-electron chi connectivity index (χ0n) is 10.0. The molecule has 0 amide bonds. The first-order valence-electron chi connectivity index (χ1n) is 6.87. The number of hydrogen-bond acceptors (Lipinski definition) is 3. The topological polar surface area (TPSA) is 51.8 Å². The smallest absolute Gasteiger partial charge is 0.132 e. The molecule has 1 aromatic heterocycles. The number of nitrogens with zero attached hydrogens (tertiary/aromatic N) is 2. The van der Waals surface area contributed by atoms with E-state index in [0.717, 1.165) is 29.5 Å². The van der Waals surface area contributed by atoms with Crippen molar-refractivity contribution in [2.24, 2.45) is 23.7 Å². The van der Waals surface area contributed by atoms with Gasteiger partial charge in [-0.3, -0.25) is 0 Å². The van der Waals surface area contributed by atoms with Gasteiger partial charge >= 0.3 is 0 Å². The maximum Gasteiger partial charge on any atom is 0.132 e. The molecule has 0 aliphatic heterocycles. The van der Waals surface area contributed by atoms with E-state index in [0.29, 0.717) is 11.6 Å². The summed E-state index contributed by atoms with van der Waals surface area (Å²) >= 11 is 0. The molecule has 1 aromatic rings. The molecule has 0 aromatic carbocycles. The average Bonchev–Trinajstić information content (AvgIpc) is 2.30. The molecule has 4 saturated carbocycles. The Morgan fingerprint density at radius 3 is 1.94 bits per heavy atom. The second kappa shape index (κ2) is 3.44. The summed E-state index contributed by atoms with van der Waals surface area (Å²) in [6, 6.07) is 0. The lowest BCUT2D eigenvalue weighted by atomic mass is 9.51. The van der Waals surface area contributed by atoms with E-state index in [-0.39, 0.29) is 0 Å². The Labute approximate surface area is 102 Å². The lowest BCUT2D eigenvalue weighted by Gasteiger charge is -2.53. The van der Waals surface area contributed by atoms with E-state index in [1.165, 1.54) is 32.1 Å². The van der Waals surface area contributed by atoms with E-state index in [4.69, 9.17) is 5.73 Å². The average molecular weight is 229 g/mol. The molecule has 90 valence electrons. The number of hydrogen-bond donors (Lipinski definition) is 1. The molecular weight excluding hydrogens is 210 g/mol. The van der Waals surface area contributed by atoms with Gasteiger partial charge in [0, 0.05) is 5.92 Å². The van der Waals surface area contributed by atoms with E-state index in [9.17, 15) is 0 Å². The van der Waals surface area contributed by atoms with Crippen LogP contribution in [0.25, 0.3) is 0 Å². The van der Waals surface area contributed by atoms with Gasteiger partial charge < -0.3 is 5.73 Å². The lowest BCUT2D eigenvalue weighted by molar-refractivity contribution is -0.00564. The largest absolute Gasteiger partial charge is 0.396 e. The van der Waals surface area contributed by atoms with E-state index < -0.39 is 0 Å². The lowest BCUT2D eigenvalue weighted by Crippen LogP contribution is -2.44. The Hall–Kier alpha value is -1.12. The number of anilines is 1. The zero-order chi connectivity index (χ0) is 11.4. The van der Waals surface area contributed by atoms with Crippen LogP contribution in [-0.2, 0) is 0 Å². The molecule has 0 atom stereocenters. The molecule has 0 radical (unpaired) electrons. The summed E-state index contributed by atoms with van der Waals surface area (Å²) in [6.45, 7) is 0. The summed E-state index contributed by atoms with van der Waals surface area (Å²) in [5.74, 6) is 5.44. The Bertz CT molecular complexity index is 398. The van der Waals surface area contributed by atoms with Crippen molar-refractivity contribution in [1.82, 2.24) is 9.97 Å². The summed E-state index contributed by atoms with van der Waals surface area (Å²) in [7, 11) is 0. The van der Waals surface area contributed by atoms with Crippen LogP contribution in [-0.4, -0.2) is 9.97 Å². The summed E-state index contributed by atoms with van der Waals surface area (Å²) in [5, 5.41) is 0. The molecule has 2 N–H and O–H groups in total. The second-order valence-electron chi connectivity index (χ2n) is 6.33. The van der Waals surface area contributed by atoms with E-state index >= 15 is 0 Å². The highest BCUT2D eigenvalue weighted by Gasteiger charge is 2.49. The SMILES string of the molecule is Nc1cnc(C2C3CC4CC(C3)CC2C4)nc1. The van der Waals surface area contributed by atoms with Gasteiger partial charge in [-0.05, 0) is 55.8 Å². The number of aromatic nitrogens is 2. The van der Waals surface area contributed by atoms with Gasteiger partial charge in [0.2, 0.25) is 0 Å². The van der Waals surface area contributed by atoms with Crippen molar-refractivity contribution < 1.29 is 0 Å². The van der Waals surface area contributed by atoms with E-state index in [1.54, 1.807) is 12.4 Å². The van der Waals surface area contributed by atoms with Crippen molar-refractivity contribution in [3.8, 4) is 0 Å². The minimum Gasteiger partial charge on any atom is -0.396 e. The highest BCUT2D eigenvalue weighted by atomic mass is 14.9. The van der Waals surface area contributed by atoms with Crippen LogP contribution in [0.1, 0.15) is 43.8 Å². The first kappa shape index (κ1) is 9.86. The van der Waals surface area contributed by atoms with Gasteiger partial charge in [-0.2, -0.15) is 0 Å². The molecule has 1 heterocycles. The number of nitrogens with two attached hydrogens (primary N) is 1. The fourth-order valence-electron chi connectivity index (χ4n) is 4.87.